The first-order chi connectivity index (χ1) is 10.3. The lowest BCUT2D eigenvalue weighted by Crippen LogP contribution is -2.46. The summed E-state index contributed by atoms with van der Waals surface area (Å²) in [7, 11) is 0. The molecule has 0 aromatic carbocycles. The minimum absolute atomic E-state index is 0.0689. The average Bonchev–Trinajstić information content (AvgIpc) is 3.33. The van der Waals surface area contributed by atoms with Gasteiger partial charge in [-0.25, -0.2) is 0 Å². The van der Waals surface area contributed by atoms with Gasteiger partial charge in [-0.2, -0.15) is 0 Å². The minimum Gasteiger partial charge on any atom is -0.347 e. The van der Waals surface area contributed by atoms with Crippen molar-refractivity contribution in [1.29, 1.82) is 0 Å². The molecule has 1 rings (SSSR count). The Labute approximate surface area is 134 Å². The third kappa shape index (κ3) is 5.22. The maximum atomic E-state index is 12.5. The first-order valence-corrected chi connectivity index (χ1v) is 8.69. The van der Waals surface area contributed by atoms with Gasteiger partial charge in [0.1, 0.15) is 5.78 Å². The molecule has 0 heterocycles. The topological polar surface area (TPSA) is 63.2 Å². The van der Waals surface area contributed by atoms with Gasteiger partial charge >= 0.3 is 0 Å². The average molecular weight is 309 g/mol. The molecule has 1 N–H and O–H groups in total. The smallest absolute Gasteiger partial charge is 0.288 e. The zero-order chi connectivity index (χ0) is 16.8. The molecule has 1 aliphatic carbocycles. The number of amides is 1. The van der Waals surface area contributed by atoms with Crippen LogP contribution in [0.4, 0.5) is 0 Å². The second-order valence-electron chi connectivity index (χ2n) is 6.93. The molecule has 22 heavy (non-hydrogen) atoms. The van der Waals surface area contributed by atoms with E-state index in [-0.39, 0.29) is 17.6 Å². The van der Waals surface area contributed by atoms with Crippen molar-refractivity contribution in [2.75, 3.05) is 0 Å². The lowest BCUT2D eigenvalue weighted by Gasteiger charge is -2.27. The summed E-state index contributed by atoms with van der Waals surface area (Å²) in [6.07, 6.45) is 6.74. The maximum Gasteiger partial charge on any atom is 0.288 e. The summed E-state index contributed by atoms with van der Waals surface area (Å²) in [5.41, 5.74) is -0.514. The van der Waals surface area contributed by atoms with Crippen LogP contribution in [0.2, 0.25) is 0 Å². The van der Waals surface area contributed by atoms with E-state index < -0.39 is 11.3 Å². The Balaban J connectivity index is 2.63. The van der Waals surface area contributed by atoms with Gasteiger partial charge in [-0.1, -0.05) is 33.6 Å². The first kappa shape index (κ1) is 18.9. The SMILES string of the molecule is CCCCC(CCC(C)=O)NC(=O)C(=O)C(C)(CC)C1CC1. The number of carbonyl (C=O) groups excluding carboxylic acids is 3. The zero-order valence-corrected chi connectivity index (χ0v) is 14.5. The minimum atomic E-state index is -0.514. The number of nitrogens with one attached hydrogen (secondary N) is 1. The van der Waals surface area contributed by atoms with E-state index in [2.05, 4.69) is 12.2 Å². The second kappa shape index (κ2) is 8.44. The number of hydrogen-bond acceptors (Lipinski definition) is 3. The fourth-order valence-corrected chi connectivity index (χ4v) is 2.98. The fraction of sp³-hybridized carbons (Fsp3) is 0.833. The standard InChI is InChI=1S/C18H31NO3/c1-5-7-8-15(12-9-13(3)20)19-17(22)16(21)18(4,6-2)14-10-11-14/h14-15H,5-12H2,1-4H3,(H,19,22). The van der Waals surface area contributed by atoms with Crippen molar-refractivity contribution in [3.63, 3.8) is 0 Å². The predicted molar refractivity (Wildman–Crippen MR) is 87.5 cm³/mol. The highest BCUT2D eigenvalue weighted by Gasteiger charge is 2.48. The Bertz CT molecular complexity index is 415. The molecule has 1 saturated carbocycles. The van der Waals surface area contributed by atoms with E-state index in [4.69, 9.17) is 0 Å². The largest absolute Gasteiger partial charge is 0.347 e. The number of ketones is 2. The molecule has 0 aromatic heterocycles. The van der Waals surface area contributed by atoms with Crippen LogP contribution in [0.1, 0.15) is 79.1 Å². The molecule has 0 spiro atoms. The van der Waals surface area contributed by atoms with E-state index in [1.807, 2.05) is 13.8 Å². The lowest BCUT2D eigenvalue weighted by molar-refractivity contribution is -0.144. The van der Waals surface area contributed by atoms with Crippen LogP contribution >= 0.6 is 0 Å². The van der Waals surface area contributed by atoms with Gasteiger partial charge in [-0.05, 0) is 44.9 Å². The second-order valence-corrected chi connectivity index (χ2v) is 6.93. The van der Waals surface area contributed by atoms with Crippen LogP contribution < -0.4 is 5.32 Å². The Kier molecular flexibility index (Phi) is 7.24. The van der Waals surface area contributed by atoms with E-state index in [0.717, 1.165) is 32.1 Å². The van der Waals surface area contributed by atoms with Crippen molar-refractivity contribution in [2.24, 2.45) is 11.3 Å². The third-order valence-electron chi connectivity index (χ3n) is 5.02. The van der Waals surface area contributed by atoms with Crippen LogP contribution in [0.15, 0.2) is 0 Å². The summed E-state index contributed by atoms with van der Waals surface area (Å²) >= 11 is 0. The first-order valence-electron chi connectivity index (χ1n) is 8.69. The van der Waals surface area contributed by atoms with E-state index >= 15 is 0 Å². The monoisotopic (exact) mass is 309 g/mol. The molecule has 2 unspecified atom stereocenters. The molecule has 0 saturated heterocycles. The third-order valence-corrected chi connectivity index (χ3v) is 5.02. The number of carbonyl (C=O) groups is 3. The van der Waals surface area contributed by atoms with Gasteiger partial charge in [0.15, 0.2) is 0 Å². The van der Waals surface area contributed by atoms with Gasteiger partial charge in [0.05, 0.1) is 0 Å². The van der Waals surface area contributed by atoms with E-state index in [0.29, 0.717) is 25.2 Å². The molecule has 2 atom stereocenters. The normalized spacial score (nSPS) is 18.4. The van der Waals surface area contributed by atoms with Crippen molar-refractivity contribution >= 4 is 17.5 Å². The molecule has 126 valence electrons. The number of hydrogen-bond donors (Lipinski definition) is 1. The van der Waals surface area contributed by atoms with Crippen molar-refractivity contribution in [1.82, 2.24) is 5.32 Å². The Morgan fingerprint density at radius 2 is 1.82 bits per heavy atom. The molecule has 0 radical (unpaired) electrons. The fourth-order valence-electron chi connectivity index (χ4n) is 2.98. The Morgan fingerprint density at radius 3 is 2.27 bits per heavy atom. The highest BCUT2D eigenvalue weighted by atomic mass is 16.2. The van der Waals surface area contributed by atoms with Gasteiger partial charge in [0, 0.05) is 17.9 Å². The summed E-state index contributed by atoms with van der Waals surface area (Å²) in [5.74, 6) is -0.247. The van der Waals surface area contributed by atoms with Gasteiger partial charge in [-0.15, -0.1) is 0 Å². The zero-order valence-electron chi connectivity index (χ0n) is 14.5. The van der Waals surface area contributed by atoms with Crippen LogP contribution in [0, 0.1) is 11.3 Å². The summed E-state index contributed by atoms with van der Waals surface area (Å²) in [5, 5.41) is 2.89. The van der Waals surface area contributed by atoms with Gasteiger partial charge in [0.25, 0.3) is 5.91 Å². The molecule has 1 aliphatic rings. The maximum absolute atomic E-state index is 12.5. The molecular formula is C18H31NO3. The van der Waals surface area contributed by atoms with Crippen LogP contribution in [-0.2, 0) is 14.4 Å². The van der Waals surface area contributed by atoms with E-state index in [1.54, 1.807) is 6.92 Å². The van der Waals surface area contributed by atoms with Crippen LogP contribution in [0.25, 0.3) is 0 Å². The van der Waals surface area contributed by atoms with Crippen LogP contribution in [-0.4, -0.2) is 23.5 Å². The molecule has 4 heteroatoms. The van der Waals surface area contributed by atoms with Gasteiger partial charge in [0.2, 0.25) is 5.78 Å². The predicted octanol–water partition coefficient (Wildman–Crippen LogP) is 3.43. The lowest BCUT2D eigenvalue weighted by atomic mass is 9.77. The highest BCUT2D eigenvalue weighted by molar-refractivity contribution is 6.38. The van der Waals surface area contributed by atoms with Crippen LogP contribution in [0.3, 0.4) is 0 Å². The summed E-state index contributed by atoms with van der Waals surface area (Å²) < 4.78 is 0. The number of unbranched alkanes of at least 4 members (excludes halogenated alkanes) is 1. The van der Waals surface area contributed by atoms with Crippen molar-refractivity contribution in [2.45, 2.75) is 85.1 Å². The summed E-state index contributed by atoms with van der Waals surface area (Å²) in [6.45, 7) is 7.55. The van der Waals surface area contributed by atoms with Crippen molar-refractivity contribution < 1.29 is 14.4 Å². The van der Waals surface area contributed by atoms with E-state index in [1.165, 1.54) is 0 Å². The number of Topliss-reactive ketones (excluding diaryl/α,β-unsaturated/α-hetero) is 2. The molecule has 0 bridgehead atoms. The molecule has 4 nitrogen and oxygen atoms in total. The van der Waals surface area contributed by atoms with Crippen LogP contribution in [0.5, 0.6) is 0 Å². The summed E-state index contributed by atoms with van der Waals surface area (Å²) in [4.78, 5) is 36.1. The molecule has 1 fully saturated rings. The van der Waals surface area contributed by atoms with Crippen molar-refractivity contribution in [3.8, 4) is 0 Å². The van der Waals surface area contributed by atoms with Crippen molar-refractivity contribution in [3.05, 3.63) is 0 Å². The molecule has 0 aromatic rings. The molecular weight excluding hydrogens is 278 g/mol. The van der Waals surface area contributed by atoms with E-state index in [9.17, 15) is 14.4 Å². The quantitative estimate of drug-likeness (QED) is 0.595. The molecule has 1 amide bonds. The molecule has 0 aliphatic heterocycles. The number of rotatable bonds is 11. The van der Waals surface area contributed by atoms with Gasteiger partial charge in [-0.3, -0.25) is 9.59 Å². The summed E-state index contributed by atoms with van der Waals surface area (Å²) in [6, 6.07) is -0.0689. The Hall–Kier alpha value is -1.19. The Morgan fingerprint density at radius 1 is 1.18 bits per heavy atom. The van der Waals surface area contributed by atoms with Gasteiger partial charge < -0.3 is 10.1 Å². The highest BCUT2D eigenvalue weighted by Crippen LogP contribution is 2.48.